The number of anilines is 1. The predicted molar refractivity (Wildman–Crippen MR) is 113 cm³/mol. The molecule has 2 aromatic rings. The summed E-state index contributed by atoms with van der Waals surface area (Å²) >= 11 is 0. The Kier molecular flexibility index (Phi) is 5.53. The van der Waals surface area contributed by atoms with Gasteiger partial charge < -0.3 is 15.0 Å². The van der Waals surface area contributed by atoms with Gasteiger partial charge in [-0.25, -0.2) is 4.98 Å². The second-order valence-electron chi connectivity index (χ2n) is 8.46. The molecular weight excluding hydrogens is 334 g/mol. The fraction of sp³-hybridized carbons (Fsp3) is 0.609. The van der Waals surface area contributed by atoms with Crippen LogP contribution in [0.25, 0.3) is 10.9 Å². The molecule has 0 saturated carbocycles. The average Bonchev–Trinajstić information content (AvgIpc) is 3.31. The largest absolute Gasteiger partial charge is 0.493 e. The molecule has 0 radical (unpaired) electrons. The third-order valence-corrected chi connectivity index (χ3v) is 5.85. The molecule has 1 aromatic heterocycles. The molecule has 0 amide bonds. The van der Waals surface area contributed by atoms with Crippen LogP contribution in [-0.2, 0) is 12.8 Å². The summed E-state index contributed by atoms with van der Waals surface area (Å²) in [5, 5.41) is 4.88. The zero-order valence-corrected chi connectivity index (χ0v) is 17.1. The Labute approximate surface area is 163 Å². The summed E-state index contributed by atoms with van der Waals surface area (Å²) in [5.74, 6) is 2.07. The van der Waals surface area contributed by atoms with E-state index < -0.39 is 0 Å². The third-order valence-electron chi connectivity index (χ3n) is 5.85. The standard InChI is InChI=1S/C23H33N3O/c1-16(2)24-23-19-9-6-8-18(19)20-14-17(3)22(15-21(20)25-23)27-13-7-12-26-10-4-5-11-26/h14-16H,4-13H2,1-3H3,(H,24,25). The van der Waals surface area contributed by atoms with Gasteiger partial charge in [0.15, 0.2) is 0 Å². The molecule has 0 atom stereocenters. The average molecular weight is 368 g/mol. The fourth-order valence-corrected chi connectivity index (χ4v) is 4.53. The first-order valence-electron chi connectivity index (χ1n) is 10.7. The van der Waals surface area contributed by atoms with Gasteiger partial charge in [-0.3, -0.25) is 0 Å². The highest BCUT2D eigenvalue weighted by atomic mass is 16.5. The number of ether oxygens (including phenoxy) is 1. The predicted octanol–water partition coefficient (Wildman–Crippen LogP) is 4.72. The second-order valence-corrected chi connectivity index (χ2v) is 8.46. The monoisotopic (exact) mass is 367 g/mol. The van der Waals surface area contributed by atoms with Gasteiger partial charge in [0.05, 0.1) is 12.1 Å². The van der Waals surface area contributed by atoms with E-state index in [2.05, 4.69) is 43.1 Å². The Balaban J connectivity index is 1.53. The van der Waals surface area contributed by atoms with Crippen LogP contribution >= 0.6 is 0 Å². The smallest absolute Gasteiger partial charge is 0.130 e. The maximum absolute atomic E-state index is 6.16. The topological polar surface area (TPSA) is 37.4 Å². The SMILES string of the molecule is Cc1cc2c3c(c(NC(C)C)nc2cc1OCCCN1CCCC1)CCC3. The van der Waals surface area contributed by atoms with Gasteiger partial charge in [-0.05, 0) is 95.1 Å². The van der Waals surface area contributed by atoms with Crippen molar-refractivity contribution >= 4 is 16.7 Å². The summed E-state index contributed by atoms with van der Waals surface area (Å²) in [6, 6.07) is 4.85. The summed E-state index contributed by atoms with van der Waals surface area (Å²) in [4.78, 5) is 7.53. The molecule has 1 aliphatic carbocycles. The van der Waals surface area contributed by atoms with Gasteiger partial charge in [0.1, 0.15) is 11.6 Å². The summed E-state index contributed by atoms with van der Waals surface area (Å²) in [7, 11) is 0. The Hall–Kier alpha value is -1.81. The molecule has 0 spiro atoms. The first-order chi connectivity index (χ1) is 13.1. The number of aromatic nitrogens is 1. The van der Waals surface area contributed by atoms with Gasteiger partial charge in [-0.1, -0.05) is 0 Å². The van der Waals surface area contributed by atoms with Gasteiger partial charge in [-0.2, -0.15) is 0 Å². The number of benzene rings is 1. The van der Waals surface area contributed by atoms with Crippen molar-refractivity contribution in [1.82, 2.24) is 9.88 Å². The molecule has 1 fully saturated rings. The van der Waals surface area contributed by atoms with Crippen molar-refractivity contribution in [2.45, 2.75) is 65.3 Å². The zero-order chi connectivity index (χ0) is 18.8. The minimum atomic E-state index is 0.395. The van der Waals surface area contributed by atoms with Gasteiger partial charge >= 0.3 is 0 Å². The van der Waals surface area contributed by atoms with Gasteiger partial charge in [0.2, 0.25) is 0 Å². The first-order valence-corrected chi connectivity index (χ1v) is 10.7. The number of likely N-dealkylation sites (tertiary alicyclic amines) is 1. The Morgan fingerprint density at radius 2 is 1.89 bits per heavy atom. The minimum Gasteiger partial charge on any atom is -0.493 e. The van der Waals surface area contributed by atoms with Gasteiger partial charge in [-0.15, -0.1) is 0 Å². The van der Waals surface area contributed by atoms with Crippen LogP contribution in [0.2, 0.25) is 0 Å². The molecule has 146 valence electrons. The van der Waals surface area contributed by atoms with Crippen molar-refractivity contribution in [1.29, 1.82) is 0 Å². The summed E-state index contributed by atoms with van der Waals surface area (Å²) in [6.45, 7) is 11.0. The van der Waals surface area contributed by atoms with Crippen molar-refractivity contribution in [3.8, 4) is 5.75 Å². The van der Waals surface area contributed by atoms with Crippen LogP contribution in [-0.4, -0.2) is 42.2 Å². The molecule has 4 rings (SSSR count). The van der Waals surface area contributed by atoms with E-state index in [0.717, 1.165) is 49.5 Å². The van der Waals surface area contributed by atoms with E-state index in [1.165, 1.54) is 54.4 Å². The molecular formula is C23H33N3O. The number of aryl methyl sites for hydroxylation is 2. The molecule has 1 aliphatic heterocycles. The van der Waals surface area contributed by atoms with Crippen molar-refractivity contribution < 1.29 is 4.74 Å². The van der Waals surface area contributed by atoms with Crippen LogP contribution in [0.15, 0.2) is 12.1 Å². The highest BCUT2D eigenvalue weighted by Crippen LogP contribution is 2.36. The van der Waals surface area contributed by atoms with E-state index in [1.807, 2.05) is 0 Å². The van der Waals surface area contributed by atoms with Crippen molar-refractivity contribution in [3.05, 3.63) is 28.8 Å². The molecule has 1 N–H and O–H groups in total. The minimum absolute atomic E-state index is 0.395. The van der Waals surface area contributed by atoms with Crippen molar-refractivity contribution in [2.24, 2.45) is 0 Å². The number of hydrogen-bond donors (Lipinski definition) is 1. The van der Waals surface area contributed by atoms with E-state index in [-0.39, 0.29) is 0 Å². The quantitative estimate of drug-likeness (QED) is 0.719. The lowest BCUT2D eigenvalue weighted by molar-refractivity contribution is 0.262. The molecule has 2 heterocycles. The van der Waals surface area contributed by atoms with E-state index in [9.17, 15) is 0 Å². The number of hydrogen-bond acceptors (Lipinski definition) is 4. The lowest BCUT2D eigenvalue weighted by atomic mass is 10.0. The fourth-order valence-electron chi connectivity index (χ4n) is 4.53. The number of nitrogens with one attached hydrogen (secondary N) is 1. The molecule has 4 nitrogen and oxygen atoms in total. The van der Waals surface area contributed by atoms with E-state index in [0.29, 0.717) is 6.04 Å². The van der Waals surface area contributed by atoms with E-state index in [1.54, 1.807) is 0 Å². The van der Waals surface area contributed by atoms with Crippen LogP contribution in [0.4, 0.5) is 5.82 Å². The van der Waals surface area contributed by atoms with Crippen LogP contribution in [0.3, 0.4) is 0 Å². The van der Waals surface area contributed by atoms with Crippen molar-refractivity contribution in [3.63, 3.8) is 0 Å². The van der Waals surface area contributed by atoms with Gasteiger partial charge in [0, 0.05) is 24.0 Å². The molecule has 4 heteroatoms. The van der Waals surface area contributed by atoms with Crippen LogP contribution < -0.4 is 10.1 Å². The molecule has 1 aromatic carbocycles. The summed E-state index contributed by atoms with van der Waals surface area (Å²) in [6.07, 6.45) is 7.34. The van der Waals surface area contributed by atoms with Crippen LogP contribution in [0.5, 0.6) is 5.75 Å². The Morgan fingerprint density at radius 1 is 1.11 bits per heavy atom. The molecule has 0 bridgehead atoms. The Morgan fingerprint density at radius 3 is 2.67 bits per heavy atom. The van der Waals surface area contributed by atoms with E-state index >= 15 is 0 Å². The van der Waals surface area contributed by atoms with Crippen molar-refractivity contribution in [2.75, 3.05) is 31.6 Å². The number of pyridine rings is 1. The second kappa shape index (κ2) is 8.05. The number of nitrogens with zero attached hydrogens (tertiary/aromatic N) is 2. The third kappa shape index (κ3) is 4.06. The maximum atomic E-state index is 6.16. The first kappa shape index (κ1) is 18.5. The lowest BCUT2D eigenvalue weighted by Crippen LogP contribution is -2.22. The molecule has 0 unspecified atom stereocenters. The van der Waals surface area contributed by atoms with Gasteiger partial charge in [0.25, 0.3) is 0 Å². The molecule has 27 heavy (non-hydrogen) atoms. The number of fused-ring (bicyclic) bond motifs is 3. The molecule has 1 saturated heterocycles. The lowest BCUT2D eigenvalue weighted by Gasteiger charge is -2.18. The highest BCUT2D eigenvalue weighted by Gasteiger charge is 2.21. The van der Waals surface area contributed by atoms with E-state index in [4.69, 9.17) is 9.72 Å². The summed E-state index contributed by atoms with van der Waals surface area (Å²) in [5.41, 5.74) is 5.21. The maximum Gasteiger partial charge on any atom is 0.130 e. The highest BCUT2D eigenvalue weighted by molar-refractivity contribution is 5.88. The Bertz CT molecular complexity index is 809. The molecule has 2 aliphatic rings. The number of rotatable bonds is 7. The summed E-state index contributed by atoms with van der Waals surface area (Å²) < 4.78 is 6.16. The normalized spacial score (nSPS) is 17.0. The zero-order valence-electron chi connectivity index (χ0n) is 17.1. The van der Waals surface area contributed by atoms with Crippen LogP contribution in [0.1, 0.15) is 56.2 Å². The van der Waals surface area contributed by atoms with Crippen LogP contribution in [0, 0.1) is 6.92 Å².